The zero-order valence-electron chi connectivity index (χ0n) is 66.2. The maximum atomic E-state index is 13.4. The van der Waals surface area contributed by atoms with Gasteiger partial charge < -0.3 is 51.6 Å². The number of hydrogen-bond acceptors (Lipinski definition) is 30. The first-order valence-electron chi connectivity index (χ1n) is 34.7. The van der Waals surface area contributed by atoms with E-state index in [9.17, 15) is 72.7 Å². The molecule has 0 saturated carbocycles. The number of sulfone groups is 4. The molecule has 36 nitrogen and oxygen atoms in total. The van der Waals surface area contributed by atoms with Crippen molar-refractivity contribution in [2.75, 3.05) is 28.2 Å². The molecule has 45 heteroatoms. The van der Waals surface area contributed by atoms with Crippen molar-refractivity contribution in [1.29, 1.82) is 0 Å². The monoisotopic (exact) mass is 1800 g/mol. The Bertz CT molecular complexity index is 6250. The quantitative estimate of drug-likeness (QED) is 0.0367. The number of alkyl carbamates (subject to hydrolysis) is 2. The summed E-state index contributed by atoms with van der Waals surface area (Å²) in [5.41, 5.74) is 14.5. The second kappa shape index (κ2) is 38.2. The number of carboxylic acid groups (broad SMARTS) is 2. The lowest BCUT2D eigenvalue weighted by molar-refractivity contribution is 0.0512. The van der Waals surface area contributed by atoms with E-state index < -0.39 is 74.7 Å². The number of amides is 4. The van der Waals surface area contributed by atoms with Gasteiger partial charge in [0.1, 0.15) is 31.2 Å². The van der Waals surface area contributed by atoms with Gasteiger partial charge in [0.2, 0.25) is 39.3 Å². The molecular weight excluding hydrogens is 1720 g/mol. The van der Waals surface area contributed by atoms with Gasteiger partial charge in [0.15, 0.2) is 20.1 Å². The van der Waals surface area contributed by atoms with Crippen LogP contribution in [0.2, 0.25) is 0 Å². The fourth-order valence-electron chi connectivity index (χ4n) is 10.4. The van der Waals surface area contributed by atoms with Gasteiger partial charge in [-0.05, 0) is 137 Å². The van der Waals surface area contributed by atoms with Gasteiger partial charge in [-0.1, -0.05) is 0 Å². The lowest BCUT2D eigenvalue weighted by atomic mass is 10.1. The van der Waals surface area contributed by atoms with E-state index in [1.165, 1.54) is 108 Å². The molecule has 0 aliphatic heterocycles. The summed E-state index contributed by atoms with van der Waals surface area (Å²) >= 11 is 4.48. The molecule has 4 amide bonds. The number of carbonyl (C=O) groups excluding carboxylic acids is 4. The molecule has 8 N–H and O–H groups in total. The molecule has 0 fully saturated rings. The standard InChI is InChI=1S/C22H27N5O5S2.C20H22N4O6S2.C17H19N5O3S2.C15H14N4O4S2.ClH/c1-22(2,3)32-21(29)23-11-18-25-19(13-33-18)34(30,31)17-8-14(16-10-24-27(6)12-16)7-15(9-17)20(28)26(4)5;1-20(2,3)30-19(27)21-9-16-23-17(11-31-16)32(28,29)15-6-12(5-13(7-15)18(25)26)14-8-22-24(4)10-14;1-21(2)17(23)12-4-11(13-8-19-22(3)9-13)5-14(6-12)27(24,25)16-10-26-15(7-18)20-16;1-19-7-11(6-17-19)9-2-10(15(20)21)4-12(3-9)25(22,23)14-8-24-13(5-16)18-14;/h7-10,12-13H,11H2,1-6H3,(H,23,29);5-8,10-11H,9H2,1-4H3,(H,21,27)(H,25,26);4-6,8-10H,7,18H2,1-3H3;2-4,6-8H,5,16H2,1H3,(H,20,21);1H. The molecule has 0 radical (unpaired) electrons. The van der Waals surface area contributed by atoms with Gasteiger partial charge in [0.25, 0.3) is 11.8 Å². The van der Waals surface area contributed by atoms with Crippen LogP contribution in [0.5, 0.6) is 0 Å². The molecule has 12 aromatic rings. The van der Waals surface area contributed by atoms with Gasteiger partial charge in [-0.3, -0.25) is 28.3 Å². The summed E-state index contributed by atoms with van der Waals surface area (Å²) in [6.45, 7) is 10.7. The first-order valence-corrected chi connectivity index (χ1v) is 44.2. The van der Waals surface area contributed by atoms with Crippen LogP contribution in [0.25, 0.3) is 44.5 Å². The molecule has 0 unspecified atom stereocenters. The van der Waals surface area contributed by atoms with Crippen molar-refractivity contribution < 1.29 is 82.1 Å². The smallest absolute Gasteiger partial charge is 0.408 e. The summed E-state index contributed by atoms with van der Waals surface area (Å²) in [5.74, 6) is -3.10. The van der Waals surface area contributed by atoms with Crippen LogP contribution in [0, 0.1) is 0 Å². The van der Waals surface area contributed by atoms with Crippen LogP contribution < -0.4 is 22.1 Å². The van der Waals surface area contributed by atoms with Crippen molar-refractivity contribution in [1.82, 2.24) is 79.5 Å². The molecule has 0 atom stereocenters. The van der Waals surface area contributed by atoms with Crippen molar-refractivity contribution in [2.24, 2.45) is 39.7 Å². The van der Waals surface area contributed by atoms with E-state index in [2.05, 4.69) is 51.0 Å². The lowest BCUT2D eigenvalue weighted by Crippen LogP contribution is -2.32. The second-order valence-corrected chi connectivity index (χ2v) is 39.4. The fourth-order valence-corrected chi connectivity index (χ4v) is 19.6. The van der Waals surface area contributed by atoms with E-state index in [4.69, 9.17) is 20.9 Å². The van der Waals surface area contributed by atoms with E-state index in [1.54, 1.807) is 161 Å². The summed E-state index contributed by atoms with van der Waals surface area (Å²) in [6, 6.07) is 16.8. The van der Waals surface area contributed by atoms with Crippen LogP contribution in [0.15, 0.2) is 184 Å². The van der Waals surface area contributed by atoms with Crippen LogP contribution in [0.1, 0.15) is 103 Å². The molecule has 12 rings (SSSR count). The SMILES string of the molecule is CN(C)C(=O)c1cc(-c2cnn(C)c2)cc(S(=O)(=O)c2csc(CN)n2)c1.CN(C)C(=O)c1cc(-c2cnn(C)c2)cc(S(=O)(=O)c2csc(CNC(=O)OC(C)(C)C)n2)c1.Cl.Cn1cc(-c2cc(C(=O)O)cc(S(=O)(=O)c3csc(CN)n3)c2)cn1.Cn1cc(-c2cc(C(=O)O)cc(S(=O)(=O)c3csc(CNC(=O)OC(C)(C)C)n3)c2)cn1. The zero-order valence-corrected chi connectivity index (χ0v) is 73.5. The summed E-state index contributed by atoms with van der Waals surface area (Å²) in [5, 5.41) is 46.9. The number of ether oxygens (including phenoxy) is 2. The van der Waals surface area contributed by atoms with E-state index in [1.807, 2.05) is 0 Å². The zero-order chi connectivity index (χ0) is 86.9. The second-order valence-electron chi connectivity index (χ2n) is 28.1. The molecule has 8 aromatic heterocycles. The Morgan fingerprint density at radius 3 is 0.840 bits per heavy atom. The highest BCUT2D eigenvalue weighted by Crippen LogP contribution is 2.35. The van der Waals surface area contributed by atoms with E-state index in [0.717, 1.165) is 46.1 Å². The minimum Gasteiger partial charge on any atom is -0.478 e. The molecule has 0 spiro atoms. The number of aromatic carboxylic acids is 2. The number of benzene rings is 4. The number of nitrogens with one attached hydrogen (secondary N) is 2. The Kier molecular flexibility index (Phi) is 29.9. The predicted octanol–water partition coefficient (Wildman–Crippen LogP) is 9.69. The number of nitrogens with zero attached hydrogens (tertiary/aromatic N) is 14. The predicted molar refractivity (Wildman–Crippen MR) is 444 cm³/mol. The Morgan fingerprint density at radius 1 is 0.395 bits per heavy atom. The number of aryl methyl sites for hydroxylation is 4. The normalized spacial score (nSPS) is 11.6. The number of carbonyl (C=O) groups is 6. The van der Waals surface area contributed by atoms with Crippen molar-refractivity contribution >= 4 is 133 Å². The summed E-state index contributed by atoms with van der Waals surface area (Å²) in [6.07, 6.45) is 11.8. The number of aromatic nitrogens is 12. The number of nitrogens with two attached hydrogens (primary N) is 2. The third-order valence-corrected chi connectivity index (χ3v) is 26.5. The molecule has 8 heterocycles. The van der Waals surface area contributed by atoms with Gasteiger partial charge in [0, 0.05) is 149 Å². The molecule has 0 aliphatic rings. The number of hydrogen-bond donors (Lipinski definition) is 6. The molecule has 0 bridgehead atoms. The minimum absolute atomic E-state index is 0. The van der Waals surface area contributed by atoms with Crippen LogP contribution in [-0.2, 0) is 103 Å². The third kappa shape index (κ3) is 24.0. The largest absolute Gasteiger partial charge is 0.478 e. The van der Waals surface area contributed by atoms with Crippen molar-refractivity contribution in [3.63, 3.8) is 0 Å². The summed E-state index contributed by atoms with van der Waals surface area (Å²) in [4.78, 5) is 90.5. The minimum atomic E-state index is -4.10. The van der Waals surface area contributed by atoms with Crippen molar-refractivity contribution in [3.05, 3.63) is 186 Å². The van der Waals surface area contributed by atoms with E-state index in [-0.39, 0.29) is 112 Å². The van der Waals surface area contributed by atoms with Crippen molar-refractivity contribution in [3.8, 4) is 44.5 Å². The lowest BCUT2D eigenvalue weighted by Gasteiger charge is -2.19. The summed E-state index contributed by atoms with van der Waals surface area (Å²) < 4.78 is 121. The fraction of sp³-hybridized carbons (Fsp3) is 0.270. The van der Waals surface area contributed by atoms with Gasteiger partial charge in [-0.2, -0.15) is 20.4 Å². The maximum absolute atomic E-state index is 13.4. The topological polar surface area (TPSA) is 503 Å². The average Bonchev–Trinajstić information content (AvgIpc) is 1.74. The Labute approximate surface area is 706 Å². The van der Waals surface area contributed by atoms with Gasteiger partial charge >= 0.3 is 24.1 Å². The maximum Gasteiger partial charge on any atom is 0.408 e. The van der Waals surface area contributed by atoms with Crippen LogP contribution in [0.4, 0.5) is 9.59 Å². The molecule has 0 saturated heterocycles. The number of rotatable bonds is 22. The number of carboxylic acids is 2. The Morgan fingerprint density at radius 2 is 0.630 bits per heavy atom. The van der Waals surface area contributed by atoms with Crippen LogP contribution >= 0.6 is 57.8 Å². The van der Waals surface area contributed by atoms with Gasteiger partial charge in [-0.15, -0.1) is 57.8 Å². The average molecular weight is 1800 g/mol. The highest BCUT2D eigenvalue weighted by Gasteiger charge is 2.30. The first kappa shape index (κ1) is 93.2. The van der Waals surface area contributed by atoms with Gasteiger partial charge in [-0.25, -0.2) is 72.8 Å². The van der Waals surface area contributed by atoms with E-state index >= 15 is 0 Å². The first-order chi connectivity index (χ1) is 55.1. The molecule has 632 valence electrons. The van der Waals surface area contributed by atoms with E-state index in [0.29, 0.717) is 64.5 Å². The van der Waals surface area contributed by atoms with Crippen LogP contribution in [0.3, 0.4) is 0 Å². The number of thiazole rings is 4. The molecule has 119 heavy (non-hydrogen) atoms. The highest BCUT2D eigenvalue weighted by atomic mass is 35.5. The number of halogens is 1. The molecule has 4 aromatic carbocycles. The van der Waals surface area contributed by atoms with Gasteiger partial charge in [0.05, 0.1) is 68.6 Å². The third-order valence-electron chi connectivity index (χ3n) is 16.0. The highest BCUT2D eigenvalue weighted by molar-refractivity contribution is 7.92. The van der Waals surface area contributed by atoms with Crippen molar-refractivity contribution in [2.45, 2.75) is 119 Å². The summed E-state index contributed by atoms with van der Waals surface area (Å²) in [7, 11) is -2.64. The molecular formula is C74H83ClN18O18S8. The Hall–Kier alpha value is -11.3. The molecule has 0 aliphatic carbocycles. The van der Waals surface area contributed by atoms with Crippen LogP contribution in [-0.4, -0.2) is 188 Å². The Balaban J connectivity index is 0.000000198.